The summed E-state index contributed by atoms with van der Waals surface area (Å²) in [5.74, 6) is -0.960. The Kier molecular flexibility index (Phi) is 18.2. The number of fused-ring (bicyclic) bond motifs is 1. The lowest BCUT2D eigenvalue weighted by Gasteiger charge is -2.06. The van der Waals surface area contributed by atoms with Crippen LogP contribution in [0.15, 0.2) is 128 Å². The number of aromatic amines is 1. The molecule has 0 atom stereocenters. The van der Waals surface area contributed by atoms with Gasteiger partial charge in [-0.3, -0.25) is 40.3 Å². The van der Waals surface area contributed by atoms with Crippen molar-refractivity contribution in [3.63, 3.8) is 0 Å². The first-order chi connectivity index (χ1) is 32.9. The molecule has 0 aliphatic heterocycles. The van der Waals surface area contributed by atoms with E-state index in [1.807, 2.05) is 6.07 Å². The number of hydrogen-bond donors (Lipinski definition) is 3. The van der Waals surface area contributed by atoms with Crippen molar-refractivity contribution in [1.29, 1.82) is 0 Å². The first-order valence-corrected chi connectivity index (χ1v) is 20.6. The molecule has 5 heterocycles. The Balaban J connectivity index is 0.000000182. The Morgan fingerprint density at radius 2 is 1.03 bits per heavy atom. The standard InChI is InChI=1S/C17H10ClN5O2.C13H9ClN2O4.C8H8BNO6.C5H3Cl2N/c18-13-3-1-5-19-15(13)10-7-11(9-12(8-10)23(24)25)16-21-14-4-2-6-20-17(14)22-16;1-20-13(17)9-5-8(6-10(7-9)16(18)19)12-11(14)3-2-4-15-12;1-16-8(11)5-2-6(9(12)13)4-7(3-5)10(14)15;6-4-2-1-3-8-5(4)7/h1-9H,(H,20,21,22);2-7H,1H3;2-4,12-13H,1H3;1-3H. The van der Waals surface area contributed by atoms with E-state index in [-0.39, 0.29) is 28.0 Å². The van der Waals surface area contributed by atoms with Gasteiger partial charge in [0, 0.05) is 77.9 Å². The van der Waals surface area contributed by atoms with Gasteiger partial charge in [-0.2, -0.15) is 0 Å². The summed E-state index contributed by atoms with van der Waals surface area (Å²) in [5, 5.41) is 52.2. The third kappa shape index (κ3) is 14.0. The number of H-pyrrole nitrogens is 1. The van der Waals surface area contributed by atoms with Gasteiger partial charge in [-0.25, -0.2) is 24.5 Å². The number of imidazole rings is 1. The highest BCUT2D eigenvalue weighted by atomic mass is 35.5. The molecule has 0 spiro atoms. The summed E-state index contributed by atoms with van der Waals surface area (Å²) in [6.07, 6.45) is 6.33. The molecule has 5 aromatic heterocycles. The SMILES string of the molecule is COC(=O)c1cc(-c2ncccc2Cl)cc([N+](=O)[O-])c1.COC(=O)c1cc(B(O)O)cc([N+](=O)[O-])c1.Clc1cccnc1Cl.O=[N+]([O-])c1cc(-c2nc3ncccc3[nH]2)cc(-c2ncccc2Cl)c1. The topological polar surface area (TPSA) is 303 Å². The second kappa shape index (κ2) is 24.2. The van der Waals surface area contributed by atoms with Crippen LogP contribution in [0, 0.1) is 30.3 Å². The van der Waals surface area contributed by atoms with Gasteiger partial charge in [0.05, 0.1) is 72.1 Å². The minimum atomic E-state index is -1.89. The van der Waals surface area contributed by atoms with E-state index in [1.54, 1.807) is 67.1 Å². The second-order valence-corrected chi connectivity index (χ2v) is 15.0. The van der Waals surface area contributed by atoms with Crippen molar-refractivity contribution in [1.82, 2.24) is 29.9 Å². The molecule has 8 rings (SSSR count). The number of hydrogen-bond acceptors (Lipinski definition) is 17. The molecule has 0 aliphatic rings. The Labute approximate surface area is 408 Å². The average Bonchev–Trinajstić information content (AvgIpc) is 3.79. The number of rotatable bonds is 9. The lowest BCUT2D eigenvalue weighted by Crippen LogP contribution is -2.30. The van der Waals surface area contributed by atoms with E-state index in [9.17, 15) is 39.9 Å². The molecule has 26 heteroatoms. The molecule has 69 heavy (non-hydrogen) atoms. The number of non-ortho nitro benzene ring substituents is 3. The zero-order chi connectivity index (χ0) is 50.4. The van der Waals surface area contributed by atoms with Gasteiger partial charge in [0.25, 0.3) is 17.1 Å². The van der Waals surface area contributed by atoms with Crippen LogP contribution in [-0.2, 0) is 9.47 Å². The van der Waals surface area contributed by atoms with Gasteiger partial charge in [0.1, 0.15) is 11.0 Å². The molecule has 0 amide bonds. The number of carbonyl (C=O) groups is 2. The maximum atomic E-state index is 11.6. The molecule has 0 radical (unpaired) electrons. The second-order valence-electron chi connectivity index (χ2n) is 13.4. The molecule has 0 saturated heterocycles. The summed E-state index contributed by atoms with van der Waals surface area (Å²) in [6.45, 7) is 0. The van der Waals surface area contributed by atoms with Crippen LogP contribution >= 0.6 is 46.4 Å². The van der Waals surface area contributed by atoms with Crippen LogP contribution < -0.4 is 5.46 Å². The number of pyridine rings is 4. The van der Waals surface area contributed by atoms with E-state index in [4.69, 9.17) is 56.5 Å². The molecule has 8 aromatic rings. The molecule has 3 aromatic carbocycles. The van der Waals surface area contributed by atoms with E-state index in [0.29, 0.717) is 59.8 Å². The van der Waals surface area contributed by atoms with Crippen LogP contribution in [0.1, 0.15) is 20.7 Å². The number of methoxy groups -OCH3 is 2. The number of carbonyl (C=O) groups excluding carboxylic acids is 2. The zero-order valence-electron chi connectivity index (χ0n) is 35.3. The third-order valence-electron chi connectivity index (χ3n) is 8.86. The normalized spacial score (nSPS) is 10.2. The number of nitrogens with zero attached hydrogens (tertiary/aromatic N) is 8. The van der Waals surface area contributed by atoms with E-state index >= 15 is 0 Å². The van der Waals surface area contributed by atoms with Gasteiger partial charge in [-0.15, -0.1) is 0 Å². The van der Waals surface area contributed by atoms with Crippen LogP contribution in [-0.4, -0.2) is 88.0 Å². The smallest absolute Gasteiger partial charge is 0.465 e. The number of halogens is 4. The average molecular weight is 1020 g/mol. The molecule has 350 valence electrons. The first kappa shape index (κ1) is 52.0. The highest BCUT2D eigenvalue weighted by molar-refractivity contribution is 6.58. The molecule has 0 fully saturated rings. The fourth-order valence-corrected chi connectivity index (χ4v) is 6.45. The molecule has 0 aliphatic carbocycles. The van der Waals surface area contributed by atoms with Gasteiger partial charge < -0.3 is 24.5 Å². The van der Waals surface area contributed by atoms with Crippen LogP contribution in [0.2, 0.25) is 20.2 Å². The van der Waals surface area contributed by atoms with Crippen molar-refractivity contribution in [2.45, 2.75) is 0 Å². The Morgan fingerprint density at radius 1 is 0.580 bits per heavy atom. The molecule has 0 saturated carbocycles. The zero-order valence-corrected chi connectivity index (χ0v) is 38.3. The van der Waals surface area contributed by atoms with E-state index in [1.165, 1.54) is 37.6 Å². The van der Waals surface area contributed by atoms with Crippen LogP contribution in [0.5, 0.6) is 0 Å². The summed E-state index contributed by atoms with van der Waals surface area (Å²) in [7, 11) is 0.438. The summed E-state index contributed by atoms with van der Waals surface area (Å²) in [4.78, 5) is 77.4. The van der Waals surface area contributed by atoms with E-state index in [0.717, 1.165) is 36.9 Å². The summed E-state index contributed by atoms with van der Waals surface area (Å²) < 4.78 is 8.96. The van der Waals surface area contributed by atoms with E-state index in [2.05, 4.69) is 39.4 Å². The monoisotopic (exact) mass is 1020 g/mol. The fourth-order valence-electron chi connectivity index (χ4n) is 5.75. The van der Waals surface area contributed by atoms with Crippen molar-refractivity contribution in [2.24, 2.45) is 0 Å². The number of nitrogens with one attached hydrogen (secondary N) is 1. The van der Waals surface area contributed by atoms with Crippen molar-refractivity contribution in [3.8, 4) is 33.9 Å². The lowest BCUT2D eigenvalue weighted by atomic mass is 9.79. The molecule has 0 bridgehead atoms. The first-order valence-electron chi connectivity index (χ1n) is 19.1. The molecule has 21 nitrogen and oxygen atoms in total. The molecule has 0 unspecified atom stereocenters. The van der Waals surface area contributed by atoms with E-state index < -0.39 is 39.5 Å². The lowest BCUT2D eigenvalue weighted by molar-refractivity contribution is -0.385. The largest absolute Gasteiger partial charge is 0.488 e. The number of ether oxygens (including phenoxy) is 2. The quantitative estimate of drug-likeness (QED) is 0.0400. The van der Waals surface area contributed by atoms with Crippen LogP contribution in [0.25, 0.3) is 45.1 Å². The van der Waals surface area contributed by atoms with Crippen molar-refractivity contribution in [2.75, 3.05) is 14.2 Å². The summed E-state index contributed by atoms with van der Waals surface area (Å²) in [6, 6.07) is 25.3. The van der Waals surface area contributed by atoms with Crippen molar-refractivity contribution < 1.29 is 43.9 Å². The predicted octanol–water partition coefficient (Wildman–Crippen LogP) is 8.79. The van der Waals surface area contributed by atoms with Gasteiger partial charge in [0.15, 0.2) is 5.65 Å². The molecular weight excluding hydrogens is 987 g/mol. The van der Waals surface area contributed by atoms with Crippen molar-refractivity contribution >= 4 is 99.1 Å². The predicted molar refractivity (Wildman–Crippen MR) is 255 cm³/mol. The van der Waals surface area contributed by atoms with Crippen LogP contribution in [0.4, 0.5) is 17.1 Å². The number of nitro groups is 3. The highest BCUT2D eigenvalue weighted by Gasteiger charge is 2.21. The Morgan fingerprint density at radius 3 is 1.49 bits per heavy atom. The molecular formula is C43H30BCl4N9O12. The fraction of sp³-hybridized carbons (Fsp3) is 0.0465. The number of esters is 2. The third-order valence-corrected chi connectivity index (χ3v) is 10.2. The van der Waals surface area contributed by atoms with Gasteiger partial charge in [-0.05, 0) is 72.2 Å². The minimum Gasteiger partial charge on any atom is -0.465 e. The summed E-state index contributed by atoms with van der Waals surface area (Å²) in [5.41, 5.74) is 2.72. The minimum absolute atomic E-state index is 0.0670. The van der Waals surface area contributed by atoms with Gasteiger partial charge >= 0.3 is 19.1 Å². The number of aromatic nitrogens is 6. The maximum Gasteiger partial charge on any atom is 0.488 e. The highest BCUT2D eigenvalue weighted by Crippen LogP contribution is 2.33. The van der Waals surface area contributed by atoms with Gasteiger partial charge in [-0.1, -0.05) is 46.4 Å². The number of nitro benzene ring substituents is 3. The summed E-state index contributed by atoms with van der Waals surface area (Å²) >= 11 is 23.2. The maximum absolute atomic E-state index is 11.6. The van der Waals surface area contributed by atoms with Crippen LogP contribution in [0.3, 0.4) is 0 Å². The Bertz CT molecular complexity index is 3150. The Hall–Kier alpha value is -7.99. The molecule has 3 N–H and O–H groups in total. The van der Waals surface area contributed by atoms with Gasteiger partial charge in [0.2, 0.25) is 0 Å². The van der Waals surface area contributed by atoms with Crippen molar-refractivity contribution in [3.05, 3.63) is 190 Å². The number of benzene rings is 3.